The van der Waals surface area contributed by atoms with Crippen molar-refractivity contribution in [1.82, 2.24) is 15.3 Å². The van der Waals surface area contributed by atoms with Crippen LogP contribution >= 0.6 is 11.3 Å². The third kappa shape index (κ3) is 5.75. The molecule has 0 amide bonds. The maximum atomic E-state index is 5.92. The SMILES string of the molecule is Cc1ccc(C(Cc2ccsc2)NCc2cccc(OCc3ccccn3)c2)nc1. The van der Waals surface area contributed by atoms with E-state index in [1.807, 2.05) is 36.5 Å². The molecular weight excluding hydrogens is 390 g/mol. The van der Waals surface area contributed by atoms with Crippen LogP contribution in [0.25, 0.3) is 0 Å². The number of pyridine rings is 2. The normalized spacial score (nSPS) is 11.9. The Hall–Kier alpha value is -3.02. The molecule has 4 rings (SSSR count). The molecule has 0 aliphatic carbocycles. The van der Waals surface area contributed by atoms with Gasteiger partial charge in [0.15, 0.2) is 0 Å². The lowest BCUT2D eigenvalue weighted by Crippen LogP contribution is -2.23. The summed E-state index contributed by atoms with van der Waals surface area (Å²) in [6.07, 6.45) is 4.63. The van der Waals surface area contributed by atoms with Gasteiger partial charge in [0.2, 0.25) is 0 Å². The molecule has 1 atom stereocenters. The van der Waals surface area contributed by atoms with Gasteiger partial charge in [0.25, 0.3) is 0 Å². The van der Waals surface area contributed by atoms with Gasteiger partial charge in [-0.3, -0.25) is 9.97 Å². The van der Waals surface area contributed by atoms with Crippen LogP contribution in [0.15, 0.2) is 83.8 Å². The minimum absolute atomic E-state index is 0.151. The molecule has 152 valence electrons. The van der Waals surface area contributed by atoms with Crippen LogP contribution in [-0.4, -0.2) is 9.97 Å². The number of ether oxygens (including phenoxy) is 1. The van der Waals surface area contributed by atoms with Crippen molar-refractivity contribution in [2.45, 2.75) is 32.5 Å². The average Bonchev–Trinajstić information content (AvgIpc) is 3.30. The summed E-state index contributed by atoms with van der Waals surface area (Å²) < 4.78 is 5.92. The van der Waals surface area contributed by atoms with E-state index in [1.54, 1.807) is 17.5 Å². The molecule has 4 aromatic rings. The van der Waals surface area contributed by atoms with E-state index in [2.05, 4.69) is 63.3 Å². The van der Waals surface area contributed by atoms with E-state index in [1.165, 1.54) is 16.7 Å². The van der Waals surface area contributed by atoms with Crippen molar-refractivity contribution < 1.29 is 4.74 Å². The lowest BCUT2D eigenvalue weighted by atomic mass is 10.0. The summed E-state index contributed by atoms with van der Waals surface area (Å²) in [5.74, 6) is 0.850. The Labute approximate surface area is 181 Å². The van der Waals surface area contributed by atoms with E-state index in [-0.39, 0.29) is 6.04 Å². The molecule has 0 bridgehead atoms. The Balaban J connectivity index is 1.42. The first-order valence-corrected chi connectivity index (χ1v) is 11.0. The summed E-state index contributed by atoms with van der Waals surface area (Å²) in [6.45, 7) is 3.27. The molecule has 3 aromatic heterocycles. The highest BCUT2D eigenvalue weighted by Crippen LogP contribution is 2.21. The second kappa shape index (κ2) is 10.1. The lowest BCUT2D eigenvalue weighted by Gasteiger charge is -2.18. The summed E-state index contributed by atoms with van der Waals surface area (Å²) >= 11 is 1.73. The first kappa shape index (κ1) is 20.3. The monoisotopic (exact) mass is 415 g/mol. The van der Waals surface area contributed by atoms with Gasteiger partial charge in [-0.25, -0.2) is 0 Å². The Morgan fingerprint density at radius 1 is 1.00 bits per heavy atom. The summed E-state index contributed by atoms with van der Waals surface area (Å²) in [5, 5.41) is 8.01. The standard InChI is InChI=1S/C25H25N3OS/c1-19-8-9-24(27-15-19)25(14-21-10-12-30-18-21)28-16-20-5-4-7-23(13-20)29-17-22-6-2-3-11-26-22/h2-13,15,18,25,28H,14,16-17H2,1H3. The molecule has 1 aromatic carbocycles. The Bertz CT molecular complexity index is 1030. The van der Waals surface area contributed by atoms with E-state index in [0.29, 0.717) is 6.61 Å². The van der Waals surface area contributed by atoms with Crippen LogP contribution in [0.2, 0.25) is 0 Å². The third-order valence-electron chi connectivity index (χ3n) is 4.88. The van der Waals surface area contributed by atoms with Crippen molar-refractivity contribution in [3.05, 3.63) is 112 Å². The zero-order valence-corrected chi connectivity index (χ0v) is 17.8. The van der Waals surface area contributed by atoms with Crippen molar-refractivity contribution in [3.8, 4) is 5.75 Å². The maximum absolute atomic E-state index is 5.92. The van der Waals surface area contributed by atoms with Crippen LogP contribution in [0.3, 0.4) is 0 Å². The van der Waals surface area contributed by atoms with Gasteiger partial charge in [0, 0.05) is 18.9 Å². The van der Waals surface area contributed by atoms with E-state index in [9.17, 15) is 0 Å². The minimum Gasteiger partial charge on any atom is -0.487 e. The minimum atomic E-state index is 0.151. The number of hydrogen-bond acceptors (Lipinski definition) is 5. The van der Waals surface area contributed by atoms with Gasteiger partial charge in [0.1, 0.15) is 12.4 Å². The summed E-state index contributed by atoms with van der Waals surface area (Å²) in [6, 6.07) is 20.6. The van der Waals surface area contributed by atoms with Crippen LogP contribution in [0.4, 0.5) is 0 Å². The van der Waals surface area contributed by atoms with Crippen LogP contribution in [0.5, 0.6) is 5.75 Å². The fraction of sp³-hybridized carbons (Fsp3) is 0.200. The number of thiophene rings is 1. The van der Waals surface area contributed by atoms with E-state index in [4.69, 9.17) is 4.74 Å². The molecule has 4 nitrogen and oxygen atoms in total. The second-order valence-electron chi connectivity index (χ2n) is 7.29. The van der Waals surface area contributed by atoms with Gasteiger partial charge in [-0.05, 0) is 77.2 Å². The first-order chi connectivity index (χ1) is 14.8. The molecule has 30 heavy (non-hydrogen) atoms. The highest BCUT2D eigenvalue weighted by Gasteiger charge is 2.14. The third-order valence-corrected chi connectivity index (χ3v) is 5.61. The van der Waals surface area contributed by atoms with E-state index < -0.39 is 0 Å². The van der Waals surface area contributed by atoms with Crippen molar-refractivity contribution in [2.24, 2.45) is 0 Å². The maximum Gasteiger partial charge on any atom is 0.130 e. The predicted molar refractivity (Wildman–Crippen MR) is 122 cm³/mol. The molecule has 0 aliphatic heterocycles. The topological polar surface area (TPSA) is 47.0 Å². The Kier molecular flexibility index (Phi) is 6.85. The fourth-order valence-electron chi connectivity index (χ4n) is 3.24. The van der Waals surface area contributed by atoms with Gasteiger partial charge in [0.05, 0.1) is 17.4 Å². The molecule has 0 saturated heterocycles. The van der Waals surface area contributed by atoms with Crippen LogP contribution in [0.1, 0.15) is 34.1 Å². The highest BCUT2D eigenvalue weighted by molar-refractivity contribution is 7.07. The fourth-order valence-corrected chi connectivity index (χ4v) is 3.92. The summed E-state index contributed by atoms with van der Waals surface area (Å²) in [5.41, 5.74) is 5.66. The van der Waals surface area contributed by atoms with Gasteiger partial charge < -0.3 is 10.1 Å². The van der Waals surface area contributed by atoms with Crippen molar-refractivity contribution >= 4 is 11.3 Å². The van der Waals surface area contributed by atoms with Crippen molar-refractivity contribution in [2.75, 3.05) is 0 Å². The number of rotatable bonds is 9. The first-order valence-electron chi connectivity index (χ1n) is 10.0. The van der Waals surface area contributed by atoms with E-state index in [0.717, 1.165) is 30.1 Å². The lowest BCUT2D eigenvalue weighted by molar-refractivity contribution is 0.301. The zero-order chi connectivity index (χ0) is 20.6. The smallest absolute Gasteiger partial charge is 0.130 e. The molecule has 0 aliphatic rings. The van der Waals surface area contributed by atoms with Gasteiger partial charge in [-0.15, -0.1) is 0 Å². The largest absolute Gasteiger partial charge is 0.487 e. The number of aromatic nitrogens is 2. The molecule has 5 heteroatoms. The highest BCUT2D eigenvalue weighted by atomic mass is 32.1. The van der Waals surface area contributed by atoms with E-state index >= 15 is 0 Å². The molecule has 1 unspecified atom stereocenters. The predicted octanol–water partition coefficient (Wildman–Crippen LogP) is 5.50. The number of benzene rings is 1. The molecule has 0 saturated carbocycles. The number of nitrogens with zero attached hydrogens (tertiary/aromatic N) is 2. The van der Waals surface area contributed by atoms with Crippen molar-refractivity contribution in [3.63, 3.8) is 0 Å². The molecule has 0 fully saturated rings. The van der Waals surface area contributed by atoms with Gasteiger partial charge in [-0.2, -0.15) is 11.3 Å². The van der Waals surface area contributed by atoms with Gasteiger partial charge >= 0.3 is 0 Å². The van der Waals surface area contributed by atoms with Crippen LogP contribution in [-0.2, 0) is 19.6 Å². The molecule has 1 N–H and O–H groups in total. The van der Waals surface area contributed by atoms with Crippen molar-refractivity contribution in [1.29, 1.82) is 0 Å². The van der Waals surface area contributed by atoms with Crippen LogP contribution in [0, 0.1) is 6.92 Å². The molecule has 0 radical (unpaired) electrons. The number of nitrogens with one attached hydrogen (secondary N) is 1. The van der Waals surface area contributed by atoms with Gasteiger partial charge in [-0.1, -0.05) is 24.3 Å². The molecule has 0 spiro atoms. The second-order valence-corrected chi connectivity index (χ2v) is 8.07. The number of aryl methyl sites for hydroxylation is 1. The summed E-state index contributed by atoms with van der Waals surface area (Å²) in [7, 11) is 0. The zero-order valence-electron chi connectivity index (χ0n) is 17.0. The van der Waals surface area contributed by atoms with Crippen LogP contribution < -0.4 is 10.1 Å². The average molecular weight is 416 g/mol. The molecule has 3 heterocycles. The Morgan fingerprint density at radius 3 is 2.73 bits per heavy atom. The quantitative estimate of drug-likeness (QED) is 0.392. The molecular formula is C25H25N3OS. The number of hydrogen-bond donors (Lipinski definition) is 1. The summed E-state index contributed by atoms with van der Waals surface area (Å²) in [4.78, 5) is 8.97. The Morgan fingerprint density at radius 2 is 1.97 bits per heavy atom.